The molecule has 1 aliphatic carbocycles. The Morgan fingerprint density at radius 1 is 1.25 bits per heavy atom. The molecule has 2 aliphatic rings. The van der Waals surface area contributed by atoms with E-state index in [0.29, 0.717) is 17.2 Å². The fourth-order valence-corrected chi connectivity index (χ4v) is 3.74. The van der Waals surface area contributed by atoms with Gasteiger partial charge in [-0.15, -0.1) is 0 Å². The maximum Gasteiger partial charge on any atom is 0.254 e. The van der Waals surface area contributed by atoms with Crippen LogP contribution in [0.2, 0.25) is 0 Å². The highest BCUT2D eigenvalue weighted by Gasteiger charge is 2.27. The molecule has 5 nitrogen and oxygen atoms in total. The van der Waals surface area contributed by atoms with E-state index in [1.54, 1.807) is 7.11 Å². The average molecular weight is 332 g/mol. The largest absolute Gasteiger partial charge is 0.493 e. The van der Waals surface area contributed by atoms with E-state index in [1.807, 2.05) is 30.1 Å². The zero-order valence-corrected chi connectivity index (χ0v) is 14.7. The van der Waals surface area contributed by atoms with E-state index < -0.39 is 0 Å². The number of methoxy groups -OCH3 is 1. The third-order valence-corrected chi connectivity index (χ3v) is 5.07. The van der Waals surface area contributed by atoms with Gasteiger partial charge in [-0.25, -0.2) is 0 Å². The minimum atomic E-state index is 0.0827. The Morgan fingerprint density at radius 2 is 2.04 bits per heavy atom. The van der Waals surface area contributed by atoms with Crippen molar-refractivity contribution >= 4 is 5.91 Å². The molecule has 1 atom stereocenters. The molecule has 1 aromatic carbocycles. The second-order valence-electron chi connectivity index (χ2n) is 6.85. The van der Waals surface area contributed by atoms with Crippen LogP contribution in [-0.2, 0) is 0 Å². The molecule has 0 unspecified atom stereocenters. The Hall–Kier alpha value is -1.75. The molecule has 1 amide bonds. The fraction of sp³-hybridized carbons (Fsp3) is 0.632. The first-order chi connectivity index (χ1) is 11.7. The lowest BCUT2D eigenvalue weighted by atomic mass is 10.1. The highest BCUT2D eigenvalue weighted by atomic mass is 16.5. The van der Waals surface area contributed by atoms with E-state index >= 15 is 0 Å². The summed E-state index contributed by atoms with van der Waals surface area (Å²) in [6.45, 7) is 2.61. The van der Waals surface area contributed by atoms with Gasteiger partial charge in [0.2, 0.25) is 0 Å². The van der Waals surface area contributed by atoms with E-state index in [0.717, 1.165) is 44.6 Å². The summed E-state index contributed by atoms with van der Waals surface area (Å²) in [6.07, 6.45) is 6.00. The van der Waals surface area contributed by atoms with Gasteiger partial charge < -0.3 is 19.7 Å². The molecule has 1 N–H and O–H groups in total. The van der Waals surface area contributed by atoms with Crippen molar-refractivity contribution in [1.82, 2.24) is 10.2 Å². The molecule has 132 valence electrons. The van der Waals surface area contributed by atoms with Crippen LogP contribution in [0.25, 0.3) is 0 Å². The molecule has 2 fully saturated rings. The maximum atomic E-state index is 12.7. The van der Waals surface area contributed by atoms with Gasteiger partial charge in [-0.1, -0.05) is 0 Å². The Morgan fingerprint density at radius 3 is 2.75 bits per heavy atom. The van der Waals surface area contributed by atoms with Gasteiger partial charge in [-0.3, -0.25) is 4.79 Å². The predicted octanol–water partition coefficient (Wildman–Crippen LogP) is 2.70. The second-order valence-corrected chi connectivity index (χ2v) is 6.85. The summed E-state index contributed by atoms with van der Waals surface area (Å²) in [5.41, 5.74) is 0.677. The van der Waals surface area contributed by atoms with Gasteiger partial charge >= 0.3 is 0 Å². The molecule has 3 rings (SSSR count). The summed E-state index contributed by atoms with van der Waals surface area (Å²) in [7, 11) is 3.59. The molecule has 0 spiro atoms. The van der Waals surface area contributed by atoms with Crippen molar-refractivity contribution in [3.63, 3.8) is 0 Å². The molecule has 0 bridgehead atoms. The summed E-state index contributed by atoms with van der Waals surface area (Å²) in [4.78, 5) is 14.7. The third-order valence-electron chi connectivity index (χ3n) is 5.07. The number of carbonyl (C=O) groups is 1. The Bertz CT molecular complexity index is 570. The smallest absolute Gasteiger partial charge is 0.254 e. The van der Waals surface area contributed by atoms with Gasteiger partial charge in [-0.2, -0.15) is 0 Å². The summed E-state index contributed by atoms with van der Waals surface area (Å²) >= 11 is 0. The highest BCUT2D eigenvalue weighted by molar-refractivity contribution is 5.95. The minimum Gasteiger partial charge on any atom is -0.493 e. The van der Waals surface area contributed by atoms with Gasteiger partial charge in [0.15, 0.2) is 11.5 Å². The molecule has 5 heteroatoms. The second kappa shape index (κ2) is 7.88. The van der Waals surface area contributed by atoms with E-state index in [4.69, 9.17) is 9.47 Å². The van der Waals surface area contributed by atoms with Crippen LogP contribution in [0.5, 0.6) is 11.5 Å². The highest BCUT2D eigenvalue weighted by Crippen LogP contribution is 2.33. The van der Waals surface area contributed by atoms with Gasteiger partial charge in [0.05, 0.1) is 13.2 Å². The Balaban J connectivity index is 1.68. The monoisotopic (exact) mass is 332 g/mol. The van der Waals surface area contributed by atoms with Crippen LogP contribution in [-0.4, -0.2) is 50.7 Å². The SMILES string of the molecule is CNC[C@@H]1CCN(C(=O)c2ccc(OC3CCCC3)c(OC)c2)C1. The third kappa shape index (κ3) is 3.83. The lowest BCUT2D eigenvalue weighted by Gasteiger charge is -2.19. The molecular weight excluding hydrogens is 304 g/mol. The molecule has 1 aliphatic heterocycles. The van der Waals surface area contributed by atoms with Crippen molar-refractivity contribution in [1.29, 1.82) is 0 Å². The van der Waals surface area contributed by atoms with Crippen LogP contribution >= 0.6 is 0 Å². The van der Waals surface area contributed by atoms with Crippen LogP contribution in [0.1, 0.15) is 42.5 Å². The number of likely N-dealkylation sites (tertiary alicyclic amines) is 1. The van der Waals surface area contributed by atoms with Crippen LogP contribution in [0.15, 0.2) is 18.2 Å². The molecule has 1 heterocycles. The minimum absolute atomic E-state index is 0.0827. The van der Waals surface area contributed by atoms with Crippen molar-refractivity contribution in [2.75, 3.05) is 33.8 Å². The number of carbonyl (C=O) groups excluding carboxylic acids is 1. The number of rotatable bonds is 6. The van der Waals surface area contributed by atoms with Crippen molar-refractivity contribution < 1.29 is 14.3 Å². The normalized spacial score (nSPS) is 21.2. The van der Waals surface area contributed by atoms with E-state index in [-0.39, 0.29) is 12.0 Å². The van der Waals surface area contributed by atoms with E-state index in [2.05, 4.69) is 5.32 Å². The van der Waals surface area contributed by atoms with Crippen LogP contribution in [0.4, 0.5) is 0 Å². The van der Waals surface area contributed by atoms with Gasteiger partial charge in [0.25, 0.3) is 5.91 Å². The number of nitrogens with zero attached hydrogens (tertiary/aromatic N) is 1. The molecule has 1 aromatic rings. The summed E-state index contributed by atoms with van der Waals surface area (Å²) in [5.74, 6) is 2.03. The lowest BCUT2D eigenvalue weighted by molar-refractivity contribution is 0.0786. The first-order valence-electron chi connectivity index (χ1n) is 9.00. The van der Waals surface area contributed by atoms with Gasteiger partial charge in [0, 0.05) is 18.7 Å². The van der Waals surface area contributed by atoms with Crippen molar-refractivity contribution in [3.8, 4) is 11.5 Å². The Labute approximate surface area is 144 Å². The molecule has 0 radical (unpaired) electrons. The van der Waals surface area contributed by atoms with Crippen LogP contribution in [0, 0.1) is 5.92 Å². The van der Waals surface area contributed by atoms with Crippen LogP contribution < -0.4 is 14.8 Å². The number of benzene rings is 1. The fourth-order valence-electron chi connectivity index (χ4n) is 3.74. The maximum absolute atomic E-state index is 12.7. The number of nitrogens with one attached hydrogen (secondary N) is 1. The zero-order chi connectivity index (χ0) is 16.9. The first-order valence-corrected chi connectivity index (χ1v) is 9.00. The van der Waals surface area contributed by atoms with Crippen molar-refractivity contribution in [2.45, 2.75) is 38.2 Å². The van der Waals surface area contributed by atoms with Crippen molar-refractivity contribution in [3.05, 3.63) is 23.8 Å². The molecule has 1 saturated heterocycles. The molecule has 24 heavy (non-hydrogen) atoms. The zero-order valence-electron chi connectivity index (χ0n) is 14.7. The van der Waals surface area contributed by atoms with Gasteiger partial charge in [0.1, 0.15) is 0 Å². The first kappa shape index (κ1) is 17.1. The number of ether oxygens (including phenoxy) is 2. The van der Waals surface area contributed by atoms with Crippen LogP contribution in [0.3, 0.4) is 0 Å². The quantitative estimate of drug-likeness (QED) is 0.870. The number of amides is 1. The Kier molecular flexibility index (Phi) is 5.61. The molecule has 1 saturated carbocycles. The summed E-state index contributed by atoms with van der Waals surface area (Å²) < 4.78 is 11.5. The summed E-state index contributed by atoms with van der Waals surface area (Å²) in [5, 5.41) is 3.19. The average Bonchev–Trinajstić information content (AvgIpc) is 3.27. The predicted molar refractivity (Wildman–Crippen MR) is 93.8 cm³/mol. The molecular formula is C19H28N2O3. The summed E-state index contributed by atoms with van der Waals surface area (Å²) in [6, 6.07) is 5.56. The topological polar surface area (TPSA) is 50.8 Å². The van der Waals surface area contributed by atoms with E-state index in [1.165, 1.54) is 12.8 Å². The molecule has 0 aromatic heterocycles. The number of hydrogen-bond donors (Lipinski definition) is 1. The number of hydrogen-bond acceptors (Lipinski definition) is 4. The lowest BCUT2D eigenvalue weighted by Crippen LogP contribution is -2.30. The van der Waals surface area contributed by atoms with Crippen molar-refractivity contribution in [2.24, 2.45) is 5.92 Å². The van der Waals surface area contributed by atoms with E-state index in [9.17, 15) is 4.79 Å². The van der Waals surface area contributed by atoms with Gasteiger partial charge in [-0.05, 0) is 69.8 Å². The standard InChI is InChI=1S/C19H28N2O3/c1-20-12-14-9-10-21(13-14)19(22)15-7-8-17(18(11-15)23-2)24-16-5-3-4-6-16/h7-8,11,14,16,20H,3-6,9-10,12-13H2,1-2H3/t14-/m0/s1.